The summed E-state index contributed by atoms with van der Waals surface area (Å²) >= 11 is 0. The lowest BCUT2D eigenvalue weighted by Crippen LogP contribution is -2.06. The highest BCUT2D eigenvalue weighted by Crippen LogP contribution is 2.49. The van der Waals surface area contributed by atoms with Crippen LogP contribution in [0.15, 0.2) is 285 Å². The minimum atomic E-state index is 0.420. The summed E-state index contributed by atoms with van der Waals surface area (Å²) in [5, 5.41) is 16.9. The van der Waals surface area contributed by atoms with Crippen LogP contribution in [0.4, 0.5) is 5.69 Å². The second kappa shape index (κ2) is 20.0. The van der Waals surface area contributed by atoms with E-state index in [0.717, 1.165) is 122 Å². The van der Waals surface area contributed by atoms with Gasteiger partial charge < -0.3 is 13.7 Å². The largest absolute Gasteiger partial charge is 0.309 e. The molecule has 7 nitrogen and oxygen atoms in total. The third kappa shape index (κ3) is 8.03. The quantitative estimate of drug-likeness (QED) is 0.135. The van der Waals surface area contributed by atoms with E-state index in [1.54, 1.807) is 6.07 Å². The zero-order valence-corrected chi connectivity index (χ0v) is 45.8. The maximum Gasteiger partial charge on any atom is 0.189 e. The second-order valence-electron chi connectivity index (χ2n) is 21.5. The van der Waals surface area contributed by atoms with Gasteiger partial charge in [-0.2, -0.15) is 5.26 Å². The first-order valence-corrected chi connectivity index (χ1v) is 28.4. The molecule has 0 aliphatic heterocycles. The van der Waals surface area contributed by atoms with Crippen LogP contribution in [0, 0.1) is 17.9 Å². The fourth-order valence-corrected chi connectivity index (χ4v) is 13.0. The van der Waals surface area contributed by atoms with E-state index in [4.69, 9.17) is 16.5 Å². The molecule has 16 aromatic rings. The second-order valence-corrected chi connectivity index (χ2v) is 21.5. The van der Waals surface area contributed by atoms with Crippen LogP contribution in [0.5, 0.6) is 0 Å². The molecular formula is C78H47N7. The number of rotatable bonds is 9. The number of hydrogen-bond donors (Lipinski definition) is 0. The van der Waals surface area contributed by atoms with Gasteiger partial charge >= 0.3 is 0 Å². The molecule has 0 atom stereocenters. The van der Waals surface area contributed by atoms with Gasteiger partial charge in [-0.15, -0.1) is 0 Å². The molecule has 0 N–H and O–H groups in total. The van der Waals surface area contributed by atoms with Crippen molar-refractivity contribution >= 4 is 71.1 Å². The molecule has 0 saturated heterocycles. The molecular weight excluding hydrogens is 1030 g/mol. The smallest absolute Gasteiger partial charge is 0.189 e. The van der Waals surface area contributed by atoms with Crippen molar-refractivity contribution in [2.75, 3.05) is 0 Å². The first kappa shape index (κ1) is 49.0. The first-order valence-electron chi connectivity index (χ1n) is 28.4. The fraction of sp³-hybridized carbons (Fsp3) is 0. The lowest BCUT2D eigenvalue weighted by atomic mass is 9.90. The number of fused-ring (bicyclic) bond motifs is 9. The molecule has 4 aromatic heterocycles. The molecule has 0 amide bonds. The van der Waals surface area contributed by atoms with Gasteiger partial charge in [0.05, 0.1) is 74.2 Å². The van der Waals surface area contributed by atoms with Gasteiger partial charge in [-0.25, -0.2) is 14.8 Å². The van der Waals surface area contributed by atoms with E-state index in [2.05, 4.69) is 279 Å². The van der Waals surface area contributed by atoms with Crippen molar-refractivity contribution in [1.29, 1.82) is 5.26 Å². The van der Waals surface area contributed by atoms with Crippen molar-refractivity contribution in [3.63, 3.8) is 0 Å². The van der Waals surface area contributed by atoms with Crippen LogP contribution in [0.1, 0.15) is 5.56 Å². The number of nitriles is 1. The Kier molecular flexibility index (Phi) is 11.5. The molecule has 7 heteroatoms. The Balaban J connectivity index is 1.09. The fourth-order valence-electron chi connectivity index (χ4n) is 13.0. The van der Waals surface area contributed by atoms with Crippen molar-refractivity contribution in [2.45, 2.75) is 0 Å². The topological polar surface area (TPSA) is 68.7 Å². The van der Waals surface area contributed by atoms with Gasteiger partial charge in [0.2, 0.25) is 0 Å². The van der Waals surface area contributed by atoms with Gasteiger partial charge in [0.1, 0.15) is 0 Å². The summed E-state index contributed by atoms with van der Waals surface area (Å²) in [5.41, 5.74) is 20.4. The molecule has 16 rings (SSSR count). The van der Waals surface area contributed by atoms with Crippen molar-refractivity contribution in [3.8, 4) is 90.4 Å². The highest BCUT2D eigenvalue weighted by Gasteiger charge is 2.28. The normalized spacial score (nSPS) is 11.5. The lowest BCUT2D eigenvalue weighted by Gasteiger charge is -2.24. The Labute approximate surface area is 489 Å². The lowest BCUT2D eigenvalue weighted by molar-refractivity contribution is 1.15. The number of hydrogen-bond acceptors (Lipinski definition) is 3. The summed E-state index contributed by atoms with van der Waals surface area (Å²) in [4.78, 5) is 14.9. The number of aromatic nitrogens is 5. The minimum absolute atomic E-state index is 0.420. The van der Waals surface area contributed by atoms with E-state index in [9.17, 15) is 5.26 Å². The maximum atomic E-state index is 10.1. The summed E-state index contributed by atoms with van der Waals surface area (Å²) in [6, 6.07) is 103. The third-order valence-corrected chi connectivity index (χ3v) is 16.7. The molecule has 0 radical (unpaired) electrons. The number of para-hydroxylation sites is 7. The molecule has 0 aliphatic carbocycles. The van der Waals surface area contributed by atoms with Crippen molar-refractivity contribution in [2.24, 2.45) is 0 Å². The molecule has 0 fully saturated rings. The standard InChI is InChI=1S/C78H47N7/c1-80-56-43-50(49-79)42-54(44-56)53-40-41-76-64(45-53)61-30-12-21-39-75(61)85(76)77-65(62-31-13-19-37-73(62)83-69-33-15-8-26-57(69)58-27-9-16-34-70(58)83)46-55(78-81-67(51-22-4-2-5-23-51)48-68(82-78)52-24-6-3-7-25-52)47-66(77)63-32-14-20-38-74(63)84-71-35-17-10-28-59(71)60-29-11-18-36-72(60)84/h2-48H. The van der Waals surface area contributed by atoms with Gasteiger partial charge in [0.25, 0.3) is 0 Å². The molecule has 0 saturated carbocycles. The highest BCUT2D eigenvalue weighted by atomic mass is 15.0. The van der Waals surface area contributed by atoms with Crippen LogP contribution in [0.25, 0.3) is 155 Å². The predicted octanol–water partition coefficient (Wildman–Crippen LogP) is 20.2. The molecule has 0 bridgehead atoms. The Morgan fingerprint density at radius 2 is 0.729 bits per heavy atom. The highest BCUT2D eigenvalue weighted by molar-refractivity contribution is 6.14. The van der Waals surface area contributed by atoms with Crippen LogP contribution >= 0.6 is 0 Å². The SMILES string of the molecule is [C-]#[N+]c1cc(C#N)cc(-c2ccc3c(c2)c2ccccc2n3-c2c(-c3ccccc3-n3c4ccccc4c4ccccc43)cc(-c3nc(-c4ccccc4)cc(-c4ccccc4)n3)cc2-c2ccccc2-n2c3ccccc3c3ccccc32)c1. The summed E-state index contributed by atoms with van der Waals surface area (Å²) in [7, 11) is 0. The van der Waals surface area contributed by atoms with Crippen molar-refractivity contribution < 1.29 is 0 Å². The van der Waals surface area contributed by atoms with Gasteiger partial charge in [-0.3, -0.25) is 0 Å². The summed E-state index contributed by atoms with van der Waals surface area (Å²) in [6.45, 7) is 7.95. The van der Waals surface area contributed by atoms with Crippen molar-refractivity contribution in [3.05, 3.63) is 302 Å². The Morgan fingerprint density at radius 1 is 0.318 bits per heavy atom. The summed E-state index contributed by atoms with van der Waals surface area (Å²) in [5.74, 6) is 0.586. The Hall–Kier alpha value is -11.9. The van der Waals surface area contributed by atoms with Crippen molar-refractivity contribution in [1.82, 2.24) is 23.7 Å². The van der Waals surface area contributed by atoms with E-state index in [-0.39, 0.29) is 0 Å². The summed E-state index contributed by atoms with van der Waals surface area (Å²) in [6.07, 6.45) is 0. The first-order chi connectivity index (χ1) is 42.1. The zero-order chi connectivity index (χ0) is 56.5. The van der Waals surface area contributed by atoms with E-state index < -0.39 is 0 Å². The number of benzene rings is 12. The van der Waals surface area contributed by atoms with E-state index in [1.807, 2.05) is 24.3 Å². The van der Waals surface area contributed by atoms with Crippen LogP contribution in [0.3, 0.4) is 0 Å². The number of nitrogens with zero attached hydrogens (tertiary/aromatic N) is 7. The van der Waals surface area contributed by atoms with Gasteiger partial charge in [0, 0.05) is 76.8 Å². The third-order valence-electron chi connectivity index (χ3n) is 16.7. The molecule has 0 unspecified atom stereocenters. The van der Waals surface area contributed by atoms with Gasteiger partial charge in [0.15, 0.2) is 11.5 Å². The van der Waals surface area contributed by atoms with Crippen LogP contribution in [0.2, 0.25) is 0 Å². The summed E-state index contributed by atoms with van der Waals surface area (Å²) < 4.78 is 7.31. The van der Waals surface area contributed by atoms with Gasteiger partial charge in [-0.1, -0.05) is 194 Å². The monoisotopic (exact) mass is 1080 g/mol. The molecule has 0 aliphatic rings. The van der Waals surface area contributed by atoms with Crippen LogP contribution in [-0.4, -0.2) is 23.7 Å². The molecule has 4 heterocycles. The average molecular weight is 1080 g/mol. The van der Waals surface area contributed by atoms with E-state index in [0.29, 0.717) is 17.1 Å². The zero-order valence-electron chi connectivity index (χ0n) is 45.8. The average Bonchev–Trinajstić information content (AvgIpc) is 2.42. The van der Waals surface area contributed by atoms with Gasteiger partial charge in [-0.05, 0) is 102 Å². The maximum absolute atomic E-state index is 10.1. The molecule has 394 valence electrons. The predicted molar refractivity (Wildman–Crippen MR) is 349 cm³/mol. The van der Waals surface area contributed by atoms with E-state index >= 15 is 0 Å². The molecule has 12 aromatic carbocycles. The van der Waals surface area contributed by atoms with Crippen LogP contribution in [-0.2, 0) is 0 Å². The Morgan fingerprint density at radius 3 is 1.20 bits per heavy atom. The molecule has 0 spiro atoms. The Bertz CT molecular complexity index is 5080. The van der Waals surface area contributed by atoms with E-state index in [1.165, 1.54) is 21.5 Å². The minimum Gasteiger partial charge on any atom is -0.309 e. The molecule has 85 heavy (non-hydrogen) atoms. The van der Waals surface area contributed by atoms with Crippen LogP contribution < -0.4 is 0 Å².